The van der Waals surface area contributed by atoms with Crippen molar-refractivity contribution in [3.63, 3.8) is 0 Å². The smallest absolute Gasteiger partial charge is 0.341 e. The molecule has 0 bridgehead atoms. The summed E-state index contributed by atoms with van der Waals surface area (Å²) in [5.41, 5.74) is 3.12. The monoisotopic (exact) mass is 540 g/mol. The summed E-state index contributed by atoms with van der Waals surface area (Å²) in [4.78, 5) is 27.9. The molecule has 4 rings (SSSR count). The van der Waals surface area contributed by atoms with Crippen LogP contribution < -0.4 is 5.32 Å². The summed E-state index contributed by atoms with van der Waals surface area (Å²) in [6.07, 6.45) is 2.15. The maximum absolute atomic E-state index is 12.9. The van der Waals surface area contributed by atoms with Crippen molar-refractivity contribution in [2.75, 3.05) is 18.2 Å². The SMILES string of the molecule is CCCc1cc(-c2nnc(SCC(=O)Nc3sc(C)c(-c4ccccc4)c3C(=O)OC)n2CC)cs1. The number of rotatable bonds is 10. The Morgan fingerprint density at radius 2 is 1.92 bits per heavy atom. The number of hydrogen-bond acceptors (Lipinski definition) is 8. The van der Waals surface area contributed by atoms with Crippen LogP contribution in [0.2, 0.25) is 0 Å². The lowest BCUT2D eigenvalue weighted by atomic mass is 10.0. The van der Waals surface area contributed by atoms with Crippen LogP contribution in [-0.4, -0.2) is 39.5 Å². The summed E-state index contributed by atoms with van der Waals surface area (Å²) in [6, 6.07) is 11.8. The number of nitrogens with one attached hydrogen (secondary N) is 1. The van der Waals surface area contributed by atoms with Gasteiger partial charge < -0.3 is 14.6 Å². The normalized spacial score (nSPS) is 11.0. The molecule has 4 aromatic rings. The van der Waals surface area contributed by atoms with Gasteiger partial charge in [-0.2, -0.15) is 0 Å². The molecular formula is C26H28N4O3S3. The standard InChI is InChI=1S/C26H28N4O3S3/c1-5-10-19-13-18(14-34-19)23-28-29-26(30(23)6-2)35-15-20(31)27-24-22(25(32)33-4)21(16(3)36-24)17-11-8-7-9-12-17/h7-9,11-14H,5-6,10,15H2,1-4H3,(H,27,31). The van der Waals surface area contributed by atoms with Gasteiger partial charge in [-0.05, 0) is 31.9 Å². The van der Waals surface area contributed by atoms with Gasteiger partial charge in [-0.3, -0.25) is 4.79 Å². The van der Waals surface area contributed by atoms with Crippen LogP contribution in [0.3, 0.4) is 0 Å². The van der Waals surface area contributed by atoms with E-state index in [0.717, 1.165) is 40.2 Å². The van der Waals surface area contributed by atoms with Gasteiger partial charge in [0.2, 0.25) is 5.91 Å². The molecule has 10 heteroatoms. The van der Waals surface area contributed by atoms with E-state index in [2.05, 4.69) is 33.9 Å². The molecule has 7 nitrogen and oxygen atoms in total. The van der Waals surface area contributed by atoms with E-state index in [-0.39, 0.29) is 11.7 Å². The Morgan fingerprint density at radius 3 is 2.61 bits per heavy atom. The highest BCUT2D eigenvalue weighted by molar-refractivity contribution is 7.99. The lowest BCUT2D eigenvalue weighted by Crippen LogP contribution is -2.16. The third-order valence-corrected chi connectivity index (χ3v) is 8.55. The van der Waals surface area contributed by atoms with Crippen LogP contribution >= 0.6 is 34.4 Å². The molecule has 1 N–H and O–H groups in total. The summed E-state index contributed by atoms with van der Waals surface area (Å²) in [5.74, 6) is 0.253. The van der Waals surface area contributed by atoms with Gasteiger partial charge in [-0.1, -0.05) is 55.4 Å². The number of hydrogen-bond donors (Lipinski definition) is 1. The van der Waals surface area contributed by atoms with E-state index >= 15 is 0 Å². The van der Waals surface area contributed by atoms with Crippen molar-refractivity contribution in [1.29, 1.82) is 0 Å². The second kappa shape index (κ2) is 11.9. The van der Waals surface area contributed by atoms with Crippen LogP contribution in [0.4, 0.5) is 5.00 Å². The zero-order chi connectivity index (χ0) is 25.7. The maximum Gasteiger partial charge on any atom is 0.341 e. The topological polar surface area (TPSA) is 86.1 Å². The second-order valence-corrected chi connectivity index (χ2v) is 11.2. The second-order valence-electron chi connectivity index (χ2n) is 8.03. The number of carbonyl (C=O) groups excluding carboxylic acids is 2. The number of esters is 1. The first-order valence-electron chi connectivity index (χ1n) is 11.7. The molecule has 1 aromatic carbocycles. The van der Waals surface area contributed by atoms with Crippen LogP contribution in [0.5, 0.6) is 0 Å². The zero-order valence-electron chi connectivity index (χ0n) is 20.7. The van der Waals surface area contributed by atoms with Crippen molar-refractivity contribution in [1.82, 2.24) is 14.8 Å². The molecule has 0 aliphatic carbocycles. The highest BCUT2D eigenvalue weighted by atomic mass is 32.2. The lowest BCUT2D eigenvalue weighted by Gasteiger charge is -2.09. The third-order valence-electron chi connectivity index (χ3n) is 5.56. The molecule has 0 spiro atoms. The minimum atomic E-state index is -0.477. The van der Waals surface area contributed by atoms with E-state index in [4.69, 9.17) is 4.74 Å². The fourth-order valence-electron chi connectivity index (χ4n) is 3.94. The summed E-state index contributed by atoms with van der Waals surface area (Å²) >= 11 is 4.43. The van der Waals surface area contributed by atoms with Gasteiger partial charge in [0.05, 0.1) is 12.9 Å². The minimum Gasteiger partial charge on any atom is -0.465 e. The first-order chi connectivity index (χ1) is 17.5. The van der Waals surface area contributed by atoms with E-state index in [1.54, 1.807) is 11.3 Å². The van der Waals surface area contributed by atoms with Crippen molar-refractivity contribution >= 4 is 51.3 Å². The predicted molar refractivity (Wildman–Crippen MR) is 148 cm³/mol. The number of thiophene rings is 2. The highest BCUT2D eigenvalue weighted by Crippen LogP contribution is 2.40. The number of amides is 1. The number of ether oxygens (including phenoxy) is 1. The summed E-state index contributed by atoms with van der Waals surface area (Å²) in [6.45, 7) is 6.84. The molecule has 0 radical (unpaired) electrons. The number of benzene rings is 1. The van der Waals surface area contributed by atoms with Gasteiger partial charge in [0.1, 0.15) is 10.6 Å². The Hall–Kier alpha value is -2.95. The number of carbonyl (C=O) groups is 2. The average Bonchev–Trinajstić information content (AvgIpc) is 3.59. The van der Waals surface area contributed by atoms with E-state index in [0.29, 0.717) is 22.3 Å². The molecule has 36 heavy (non-hydrogen) atoms. The molecule has 3 aromatic heterocycles. The van der Waals surface area contributed by atoms with Crippen molar-refractivity contribution in [2.24, 2.45) is 0 Å². The molecule has 0 saturated heterocycles. The number of thioether (sulfide) groups is 1. The van der Waals surface area contributed by atoms with Crippen molar-refractivity contribution in [3.05, 3.63) is 57.1 Å². The van der Waals surface area contributed by atoms with Crippen molar-refractivity contribution in [3.8, 4) is 22.5 Å². The van der Waals surface area contributed by atoms with E-state index in [1.807, 2.05) is 48.7 Å². The van der Waals surface area contributed by atoms with Gasteiger partial charge in [0.25, 0.3) is 0 Å². The Bertz CT molecular complexity index is 1360. The number of aromatic nitrogens is 3. The van der Waals surface area contributed by atoms with Crippen molar-refractivity contribution < 1.29 is 14.3 Å². The van der Waals surface area contributed by atoms with Gasteiger partial charge in [-0.25, -0.2) is 4.79 Å². The molecule has 0 atom stereocenters. The van der Waals surface area contributed by atoms with Gasteiger partial charge in [0.15, 0.2) is 11.0 Å². The van der Waals surface area contributed by atoms with Crippen LogP contribution in [0.15, 0.2) is 46.9 Å². The average molecular weight is 541 g/mol. The maximum atomic E-state index is 12.9. The molecule has 188 valence electrons. The van der Waals surface area contributed by atoms with E-state index < -0.39 is 5.97 Å². The summed E-state index contributed by atoms with van der Waals surface area (Å²) in [7, 11) is 1.35. The number of methoxy groups -OCH3 is 1. The molecule has 0 unspecified atom stereocenters. The van der Waals surface area contributed by atoms with E-state index in [1.165, 1.54) is 35.1 Å². The number of anilines is 1. The lowest BCUT2D eigenvalue weighted by molar-refractivity contribution is -0.113. The molecule has 0 aliphatic rings. The van der Waals surface area contributed by atoms with Gasteiger partial charge in [0, 0.05) is 32.8 Å². The Morgan fingerprint density at radius 1 is 1.14 bits per heavy atom. The fraction of sp³-hybridized carbons (Fsp3) is 0.308. The van der Waals surface area contributed by atoms with Gasteiger partial charge in [-0.15, -0.1) is 32.9 Å². The Kier molecular flexibility index (Phi) is 8.60. The zero-order valence-corrected chi connectivity index (χ0v) is 23.1. The Labute approximate surface area is 222 Å². The summed E-state index contributed by atoms with van der Waals surface area (Å²) in [5, 5.41) is 15.0. The van der Waals surface area contributed by atoms with E-state index in [9.17, 15) is 9.59 Å². The molecule has 1 amide bonds. The molecule has 0 saturated carbocycles. The molecule has 0 aliphatic heterocycles. The van der Waals surface area contributed by atoms with Gasteiger partial charge >= 0.3 is 5.97 Å². The number of nitrogens with zero attached hydrogens (tertiary/aromatic N) is 3. The number of aryl methyl sites for hydroxylation is 2. The van der Waals surface area contributed by atoms with Crippen molar-refractivity contribution in [2.45, 2.75) is 45.3 Å². The predicted octanol–water partition coefficient (Wildman–Crippen LogP) is 6.53. The van der Waals surface area contributed by atoms with Crippen LogP contribution in [0.1, 0.15) is 40.4 Å². The molecular weight excluding hydrogens is 513 g/mol. The fourth-order valence-corrected chi connectivity index (χ4v) is 6.80. The quantitative estimate of drug-likeness (QED) is 0.182. The Balaban J connectivity index is 1.51. The summed E-state index contributed by atoms with van der Waals surface area (Å²) < 4.78 is 7.07. The minimum absolute atomic E-state index is 0.140. The molecule has 0 fully saturated rings. The first kappa shape index (κ1) is 26.1. The molecule has 3 heterocycles. The van der Waals surface area contributed by atoms with Crippen LogP contribution in [-0.2, 0) is 22.5 Å². The largest absolute Gasteiger partial charge is 0.465 e. The first-order valence-corrected chi connectivity index (χ1v) is 14.4. The highest BCUT2D eigenvalue weighted by Gasteiger charge is 2.25. The van der Waals surface area contributed by atoms with Crippen LogP contribution in [0, 0.1) is 6.92 Å². The van der Waals surface area contributed by atoms with Crippen LogP contribution in [0.25, 0.3) is 22.5 Å². The third kappa shape index (κ3) is 5.55.